The van der Waals surface area contributed by atoms with Gasteiger partial charge < -0.3 is 10.4 Å². The van der Waals surface area contributed by atoms with Crippen LogP contribution in [-0.2, 0) is 11.3 Å². The van der Waals surface area contributed by atoms with Crippen LogP contribution in [0.3, 0.4) is 0 Å². The highest BCUT2D eigenvalue weighted by Crippen LogP contribution is 2.27. The Hall–Kier alpha value is -2.11. The molecule has 0 saturated carbocycles. The smallest absolute Gasteiger partial charge is 0.241 e. The van der Waals surface area contributed by atoms with Crippen molar-refractivity contribution in [3.8, 4) is 5.75 Å². The summed E-state index contributed by atoms with van der Waals surface area (Å²) in [7, 11) is 0. The first-order chi connectivity index (χ1) is 11.6. The molecule has 1 fully saturated rings. The van der Waals surface area contributed by atoms with Crippen molar-refractivity contribution in [3.63, 3.8) is 0 Å². The number of amides is 1. The zero-order chi connectivity index (χ0) is 16.9. The maximum absolute atomic E-state index is 12.7. The van der Waals surface area contributed by atoms with Gasteiger partial charge in [-0.2, -0.15) is 0 Å². The molecule has 1 aliphatic rings. The number of aromatic nitrogens is 1. The van der Waals surface area contributed by atoms with Gasteiger partial charge in [-0.1, -0.05) is 24.1 Å². The molecular weight excluding hydrogens is 326 g/mol. The van der Waals surface area contributed by atoms with E-state index in [0.717, 1.165) is 31.4 Å². The van der Waals surface area contributed by atoms with Crippen LogP contribution >= 0.6 is 11.6 Å². The molecule has 0 spiro atoms. The van der Waals surface area contributed by atoms with E-state index in [1.807, 2.05) is 18.3 Å². The van der Waals surface area contributed by atoms with Crippen LogP contribution in [0.5, 0.6) is 5.75 Å². The van der Waals surface area contributed by atoms with Crippen molar-refractivity contribution < 1.29 is 9.90 Å². The minimum atomic E-state index is -0.175. The molecule has 24 heavy (non-hydrogen) atoms. The molecule has 1 unspecified atom stereocenters. The largest absolute Gasteiger partial charge is 0.506 e. The average Bonchev–Trinajstić information content (AvgIpc) is 2.59. The molecule has 1 amide bonds. The van der Waals surface area contributed by atoms with Gasteiger partial charge in [0, 0.05) is 24.6 Å². The number of phenols is 1. The predicted molar refractivity (Wildman–Crippen MR) is 94.0 cm³/mol. The van der Waals surface area contributed by atoms with Gasteiger partial charge in [0.2, 0.25) is 5.91 Å². The van der Waals surface area contributed by atoms with Crippen molar-refractivity contribution in [2.24, 2.45) is 0 Å². The number of rotatable bonds is 4. The molecule has 0 bridgehead atoms. The number of anilines is 1. The zero-order valence-electron chi connectivity index (χ0n) is 13.3. The Morgan fingerprint density at radius 3 is 3.00 bits per heavy atom. The number of pyridine rings is 1. The topological polar surface area (TPSA) is 65.5 Å². The lowest BCUT2D eigenvalue weighted by Crippen LogP contribution is -2.46. The number of aromatic hydroxyl groups is 1. The SMILES string of the molecule is O=C(Nc1ccc(O)c(Cl)c1)C1CCCCN1Cc1cccnc1. The van der Waals surface area contributed by atoms with Crippen molar-refractivity contribution in [2.45, 2.75) is 31.8 Å². The minimum absolute atomic E-state index is 0.00513. The van der Waals surface area contributed by atoms with Gasteiger partial charge in [-0.25, -0.2) is 0 Å². The third-order valence-electron chi connectivity index (χ3n) is 4.24. The third-order valence-corrected chi connectivity index (χ3v) is 4.54. The molecule has 1 saturated heterocycles. The number of nitrogens with one attached hydrogen (secondary N) is 1. The van der Waals surface area contributed by atoms with Gasteiger partial charge in [-0.05, 0) is 49.2 Å². The highest BCUT2D eigenvalue weighted by Gasteiger charge is 2.28. The lowest BCUT2D eigenvalue weighted by molar-refractivity contribution is -0.122. The molecule has 2 N–H and O–H groups in total. The summed E-state index contributed by atoms with van der Waals surface area (Å²) in [6, 6.07) is 8.44. The quantitative estimate of drug-likeness (QED) is 0.833. The normalized spacial score (nSPS) is 18.3. The first-order valence-corrected chi connectivity index (χ1v) is 8.43. The number of benzene rings is 1. The van der Waals surface area contributed by atoms with Crippen LogP contribution in [0.2, 0.25) is 5.02 Å². The summed E-state index contributed by atoms with van der Waals surface area (Å²) < 4.78 is 0. The molecule has 1 aromatic carbocycles. The summed E-state index contributed by atoms with van der Waals surface area (Å²) in [5.41, 5.74) is 1.69. The lowest BCUT2D eigenvalue weighted by Gasteiger charge is -2.34. The van der Waals surface area contributed by atoms with Crippen LogP contribution in [0.15, 0.2) is 42.7 Å². The Labute approximate surface area is 146 Å². The Bertz CT molecular complexity index is 709. The van der Waals surface area contributed by atoms with E-state index in [0.29, 0.717) is 12.2 Å². The standard InChI is InChI=1S/C18H20ClN3O2/c19-15-10-14(6-7-17(15)23)21-18(24)16-5-1-2-9-22(16)12-13-4-3-8-20-11-13/h3-4,6-8,10-11,16,23H,1-2,5,9,12H2,(H,21,24). The minimum Gasteiger partial charge on any atom is -0.506 e. The maximum atomic E-state index is 12.7. The van der Waals surface area contributed by atoms with Gasteiger partial charge in [0.05, 0.1) is 11.1 Å². The number of phenolic OH excluding ortho intramolecular Hbond substituents is 1. The number of piperidine rings is 1. The van der Waals surface area contributed by atoms with Gasteiger partial charge in [0.15, 0.2) is 0 Å². The van der Waals surface area contributed by atoms with E-state index in [1.54, 1.807) is 18.3 Å². The Morgan fingerprint density at radius 1 is 1.38 bits per heavy atom. The van der Waals surface area contributed by atoms with E-state index in [2.05, 4.69) is 15.2 Å². The van der Waals surface area contributed by atoms with Crippen LogP contribution in [0.4, 0.5) is 5.69 Å². The van der Waals surface area contributed by atoms with Crippen molar-refractivity contribution in [1.82, 2.24) is 9.88 Å². The number of carbonyl (C=O) groups is 1. The third kappa shape index (κ3) is 4.04. The van der Waals surface area contributed by atoms with E-state index in [-0.39, 0.29) is 22.7 Å². The van der Waals surface area contributed by atoms with Crippen molar-refractivity contribution >= 4 is 23.2 Å². The van der Waals surface area contributed by atoms with Crippen LogP contribution < -0.4 is 5.32 Å². The summed E-state index contributed by atoms with van der Waals surface area (Å²) in [5, 5.41) is 12.6. The van der Waals surface area contributed by atoms with E-state index < -0.39 is 0 Å². The summed E-state index contributed by atoms with van der Waals surface area (Å²) >= 11 is 5.90. The summed E-state index contributed by atoms with van der Waals surface area (Å²) in [5.74, 6) is -0.0362. The van der Waals surface area contributed by atoms with Crippen molar-refractivity contribution in [3.05, 3.63) is 53.3 Å². The molecule has 0 radical (unpaired) electrons. The van der Waals surface area contributed by atoms with Gasteiger partial charge >= 0.3 is 0 Å². The number of hydrogen-bond acceptors (Lipinski definition) is 4. The fourth-order valence-corrected chi connectivity index (χ4v) is 3.19. The summed E-state index contributed by atoms with van der Waals surface area (Å²) in [6.45, 7) is 1.60. The number of halogens is 1. The highest BCUT2D eigenvalue weighted by atomic mass is 35.5. The Morgan fingerprint density at radius 2 is 2.25 bits per heavy atom. The van der Waals surface area contributed by atoms with Gasteiger partial charge in [-0.15, -0.1) is 0 Å². The van der Waals surface area contributed by atoms with Crippen molar-refractivity contribution in [1.29, 1.82) is 0 Å². The zero-order valence-corrected chi connectivity index (χ0v) is 14.0. The second-order valence-corrected chi connectivity index (χ2v) is 6.41. The van der Waals surface area contributed by atoms with Crippen LogP contribution in [0.1, 0.15) is 24.8 Å². The van der Waals surface area contributed by atoms with Crippen LogP contribution in [0, 0.1) is 0 Å². The number of likely N-dealkylation sites (tertiary alicyclic amines) is 1. The predicted octanol–water partition coefficient (Wildman–Crippen LogP) is 3.43. The van der Waals surface area contributed by atoms with E-state index in [1.165, 1.54) is 6.07 Å². The molecule has 2 aromatic rings. The maximum Gasteiger partial charge on any atom is 0.241 e. The molecule has 5 nitrogen and oxygen atoms in total. The second kappa shape index (κ2) is 7.64. The fourth-order valence-electron chi connectivity index (χ4n) is 3.01. The van der Waals surface area contributed by atoms with Crippen molar-refractivity contribution in [2.75, 3.05) is 11.9 Å². The molecule has 1 atom stereocenters. The molecule has 1 aliphatic heterocycles. The van der Waals surface area contributed by atoms with Gasteiger partial charge in [0.1, 0.15) is 5.75 Å². The molecular formula is C18H20ClN3O2. The number of hydrogen-bond donors (Lipinski definition) is 2. The molecule has 3 rings (SSSR count). The van der Waals surface area contributed by atoms with E-state index >= 15 is 0 Å². The fraction of sp³-hybridized carbons (Fsp3) is 0.333. The van der Waals surface area contributed by atoms with E-state index in [4.69, 9.17) is 11.6 Å². The average molecular weight is 346 g/mol. The van der Waals surface area contributed by atoms with Gasteiger partial charge in [-0.3, -0.25) is 14.7 Å². The Balaban J connectivity index is 1.69. The first-order valence-electron chi connectivity index (χ1n) is 8.06. The highest BCUT2D eigenvalue weighted by molar-refractivity contribution is 6.32. The lowest BCUT2D eigenvalue weighted by atomic mass is 10.0. The van der Waals surface area contributed by atoms with Crippen LogP contribution in [-0.4, -0.2) is 33.5 Å². The number of nitrogens with zero attached hydrogens (tertiary/aromatic N) is 2. The second-order valence-electron chi connectivity index (χ2n) is 6.00. The molecule has 6 heteroatoms. The number of carbonyl (C=O) groups excluding carboxylic acids is 1. The van der Waals surface area contributed by atoms with Gasteiger partial charge in [0.25, 0.3) is 0 Å². The van der Waals surface area contributed by atoms with E-state index in [9.17, 15) is 9.90 Å². The Kier molecular flexibility index (Phi) is 5.33. The molecule has 0 aliphatic carbocycles. The molecule has 126 valence electrons. The van der Waals surface area contributed by atoms with Crippen LogP contribution in [0.25, 0.3) is 0 Å². The first kappa shape index (κ1) is 16.7. The monoisotopic (exact) mass is 345 g/mol. The molecule has 1 aromatic heterocycles. The summed E-state index contributed by atoms with van der Waals surface area (Å²) in [6.07, 6.45) is 6.55. The summed E-state index contributed by atoms with van der Waals surface area (Å²) in [4.78, 5) is 19.0. The molecule has 2 heterocycles.